The molecule has 0 aliphatic heterocycles. The van der Waals surface area contributed by atoms with Crippen molar-refractivity contribution in [3.63, 3.8) is 0 Å². The summed E-state index contributed by atoms with van der Waals surface area (Å²) in [7, 11) is -4.62. The number of nitrogens with zero attached hydrogens (tertiary/aromatic N) is 4. The van der Waals surface area contributed by atoms with Crippen molar-refractivity contribution in [1.29, 1.82) is 0 Å². The van der Waals surface area contributed by atoms with E-state index in [1.54, 1.807) is 40.4 Å². The minimum atomic E-state index is -4.62. The third-order valence-electron chi connectivity index (χ3n) is 6.11. The lowest BCUT2D eigenvalue weighted by Gasteiger charge is -2.09. The molecule has 5 rings (SSSR count). The van der Waals surface area contributed by atoms with Crippen LogP contribution in [0.25, 0.3) is 22.3 Å². The van der Waals surface area contributed by atoms with Gasteiger partial charge in [-0.1, -0.05) is 37.3 Å². The summed E-state index contributed by atoms with van der Waals surface area (Å²) in [6.45, 7) is 0.0595. The topological polar surface area (TPSA) is 149 Å². The van der Waals surface area contributed by atoms with Gasteiger partial charge >= 0.3 is 7.82 Å². The summed E-state index contributed by atoms with van der Waals surface area (Å²) < 4.78 is 26.1. The van der Waals surface area contributed by atoms with Crippen LogP contribution in [0.3, 0.4) is 0 Å². The third kappa shape index (κ3) is 6.76. The number of aromatic nitrogens is 4. The second kappa shape index (κ2) is 11.5. The zero-order valence-corrected chi connectivity index (χ0v) is 22.6. The number of rotatable bonds is 12. The molecule has 4 aromatic rings. The fourth-order valence-electron chi connectivity index (χ4n) is 3.99. The molecule has 38 heavy (non-hydrogen) atoms. The van der Waals surface area contributed by atoms with Crippen molar-refractivity contribution in [2.45, 2.75) is 38.6 Å². The van der Waals surface area contributed by atoms with Crippen LogP contribution < -0.4 is 10.1 Å². The molecule has 1 saturated carbocycles. The van der Waals surface area contributed by atoms with Crippen LogP contribution in [0, 0.1) is 5.92 Å². The lowest BCUT2D eigenvalue weighted by Crippen LogP contribution is -2.12. The molecular weight excluding hydrogens is 553 g/mol. The molecule has 1 aliphatic carbocycles. The van der Waals surface area contributed by atoms with Crippen LogP contribution in [0.4, 0.5) is 5.82 Å². The number of carbonyl (C=O) groups is 1. The Kier molecular flexibility index (Phi) is 8.08. The molecule has 0 atom stereocenters. The van der Waals surface area contributed by atoms with Gasteiger partial charge in [0.2, 0.25) is 0 Å². The van der Waals surface area contributed by atoms with E-state index in [0.717, 1.165) is 18.8 Å². The summed E-state index contributed by atoms with van der Waals surface area (Å²) in [5.41, 5.74) is 2.28. The Hall–Kier alpha value is -2.86. The van der Waals surface area contributed by atoms with Crippen LogP contribution in [-0.2, 0) is 15.6 Å². The summed E-state index contributed by atoms with van der Waals surface area (Å²) in [6, 6.07) is 8.45. The average Bonchev–Trinajstić information content (AvgIpc) is 3.41. The first-order valence-electron chi connectivity index (χ1n) is 12.0. The van der Waals surface area contributed by atoms with E-state index in [2.05, 4.69) is 19.3 Å². The number of amides is 1. The van der Waals surface area contributed by atoms with E-state index in [1.165, 1.54) is 37.0 Å². The van der Waals surface area contributed by atoms with Crippen molar-refractivity contribution in [1.82, 2.24) is 19.1 Å². The first kappa shape index (κ1) is 26.7. The number of phosphoric ester groups is 1. The molecule has 3 aromatic heterocycles. The quantitative estimate of drug-likeness (QED) is 0.113. The van der Waals surface area contributed by atoms with E-state index in [0.29, 0.717) is 51.0 Å². The second-order valence-corrected chi connectivity index (χ2v) is 11.3. The lowest BCUT2D eigenvalue weighted by atomic mass is 10.1. The normalized spacial score (nSPS) is 13.7. The number of aryl methyl sites for hydroxylation is 1. The molecule has 3 N–H and O–H groups in total. The van der Waals surface area contributed by atoms with E-state index in [-0.39, 0.29) is 5.91 Å². The Morgan fingerprint density at radius 2 is 2.03 bits per heavy atom. The van der Waals surface area contributed by atoms with Gasteiger partial charge in [0, 0.05) is 17.5 Å². The van der Waals surface area contributed by atoms with Gasteiger partial charge in [-0.3, -0.25) is 4.79 Å². The summed E-state index contributed by atoms with van der Waals surface area (Å²) in [6.07, 6.45) is 7.40. The molecule has 1 aliphatic rings. The molecule has 0 unspecified atom stereocenters. The number of pyridine rings is 1. The van der Waals surface area contributed by atoms with Gasteiger partial charge in [-0.15, -0.1) is 0 Å². The summed E-state index contributed by atoms with van der Waals surface area (Å²) >= 11 is 7.83. The van der Waals surface area contributed by atoms with Gasteiger partial charge in [0.25, 0.3) is 5.91 Å². The number of hydrogen-bond acceptors (Lipinski definition) is 8. The van der Waals surface area contributed by atoms with Gasteiger partial charge in [0.1, 0.15) is 5.75 Å². The number of carbonyl (C=O) groups excluding carboxylic acids is 1. The number of halogens is 1. The first-order chi connectivity index (χ1) is 18.3. The Bertz CT molecular complexity index is 1470. The van der Waals surface area contributed by atoms with Gasteiger partial charge in [-0.05, 0) is 54.2 Å². The molecule has 0 saturated heterocycles. The monoisotopic (exact) mass is 577 g/mol. The molecule has 14 heteroatoms. The van der Waals surface area contributed by atoms with Crippen molar-refractivity contribution in [3.8, 4) is 17.0 Å². The van der Waals surface area contributed by atoms with E-state index in [1.807, 2.05) is 0 Å². The van der Waals surface area contributed by atoms with Crippen molar-refractivity contribution in [2.75, 3.05) is 12.1 Å². The average molecular weight is 578 g/mol. The van der Waals surface area contributed by atoms with E-state index >= 15 is 0 Å². The first-order valence-corrected chi connectivity index (χ1v) is 14.7. The van der Waals surface area contributed by atoms with Crippen molar-refractivity contribution in [2.24, 2.45) is 5.92 Å². The van der Waals surface area contributed by atoms with Crippen LogP contribution in [0.1, 0.15) is 42.5 Å². The van der Waals surface area contributed by atoms with Gasteiger partial charge in [0.05, 0.1) is 27.9 Å². The maximum Gasteiger partial charge on any atom is 0.472 e. The SMILES string of the molecule is O=C(Nc1nn(CCCCC2CC2)c2nc(-c3ccc(OCOP(=O)(O)O)cc3)c(Cl)cc12)c1cnsc1. The highest BCUT2D eigenvalue weighted by Crippen LogP contribution is 2.37. The highest BCUT2D eigenvalue weighted by Gasteiger charge is 2.21. The number of nitrogens with one attached hydrogen (secondary N) is 1. The zero-order chi connectivity index (χ0) is 26.7. The minimum Gasteiger partial charge on any atom is -0.467 e. The maximum absolute atomic E-state index is 12.7. The van der Waals surface area contributed by atoms with Crippen LogP contribution in [0.2, 0.25) is 5.02 Å². The molecule has 1 amide bonds. The zero-order valence-electron chi connectivity index (χ0n) is 20.1. The molecule has 1 aromatic carbocycles. The van der Waals surface area contributed by atoms with Crippen LogP contribution >= 0.6 is 31.0 Å². The van der Waals surface area contributed by atoms with Crippen molar-refractivity contribution >= 4 is 53.7 Å². The molecule has 1 fully saturated rings. The van der Waals surface area contributed by atoms with E-state index < -0.39 is 14.6 Å². The fraction of sp³-hybridized carbons (Fsp3) is 0.333. The smallest absolute Gasteiger partial charge is 0.467 e. The number of unbranched alkanes of at least 4 members (excludes halogenated alkanes) is 1. The van der Waals surface area contributed by atoms with Gasteiger partial charge in [-0.25, -0.2) is 23.1 Å². The van der Waals surface area contributed by atoms with Crippen molar-refractivity contribution in [3.05, 3.63) is 52.5 Å². The predicted octanol–water partition coefficient (Wildman–Crippen LogP) is 5.49. The molecule has 0 radical (unpaired) electrons. The number of phosphoric acid groups is 1. The third-order valence-corrected chi connectivity index (χ3v) is 7.42. The maximum atomic E-state index is 12.7. The highest BCUT2D eigenvalue weighted by atomic mass is 35.5. The second-order valence-electron chi connectivity index (χ2n) is 8.97. The summed E-state index contributed by atoms with van der Waals surface area (Å²) in [4.78, 5) is 35.1. The highest BCUT2D eigenvalue weighted by molar-refractivity contribution is 7.46. The standard InChI is InChI=1S/C24H25ClN5O6PS/c25-20-11-19-22(28-24(31)17-12-26-38-13-17)29-30(10-2-1-3-15-4-5-15)23(19)27-21(20)16-6-8-18(9-7-16)35-14-36-37(32,33)34/h6-9,11-13,15H,1-5,10,14H2,(H,28,29,31)(H2,32,33,34). The van der Waals surface area contributed by atoms with Gasteiger partial charge < -0.3 is 19.8 Å². The largest absolute Gasteiger partial charge is 0.472 e. The Morgan fingerprint density at radius 1 is 1.24 bits per heavy atom. The van der Waals surface area contributed by atoms with E-state index in [4.69, 9.17) is 31.1 Å². The van der Waals surface area contributed by atoms with Crippen LogP contribution in [0.15, 0.2) is 41.9 Å². The van der Waals surface area contributed by atoms with Crippen LogP contribution in [0.5, 0.6) is 5.75 Å². The number of fused-ring (bicyclic) bond motifs is 1. The molecule has 11 nitrogen and oxygen atoms in total. The Balaban J connectivity index is 1.40. The molecule has 0 bridgehead atoms. The Labute approximate surface area is 227 Å². The van der Waals surface area contributed by atoms with E-state index in [9.17, 15) is 9.36 Å². The lowest BCUT2D eigenvalue weighted by molar-refractivity contribution is 0.0829. The molecular formula is C24H25ClN5O6PS. The van der Waals surface area contributed by atoms with Gasteiger partial charge in [-0.2, -0.15) is 5.10 Å². The summed E-state index contributed by atoms with van der Waals surface area (Å²) in [5, 5.41) is 10.2. The number of anilines is 1. The minimum absolute atomic E-state index is 0.308. The molecule has 3 heterocycles. The number of hydrogen-bond donors (Lipinski definition) is 3. The number of ether oxygens (including phenoxy) is 1. The number of benzene rings is 1. The Morgan fingerprint density at radius 3 is 2.71 bits per heavy atom. The predicted molar refractivity (Wildman–Crippen MR) is 143 cm³/mol. The summed E-state index contributed by atoms with van der Waals surface area (Å²) in [5.74, 6) is 1.29. The molecule has 0 spiro atoms. The van der Waals surface area contributed by atoms with Gasteiger partial charge in [0.15, 0.2) is 18.3 Å². The fourth-order valence-corrected chi connectivity index (χ4v) is 4.96. The van der Waals surface area contributed by atoms with Crippen LogP contribution in [-0.4, -0.2) is 41.6 Å². The van der Waals surface area contributed by atoms with Crippen molar-refractivity contribution < 1.29 is 28.4 Å². The molecule has 200 valence electrons.